The maximum absolute atomic E-state index is 10.3. The molecule has 0 aliphatic rings. The highest BCUT2D eigenvalue weighted by molar-refractivity contribution is 9.10. The zero-order chi connectivity index (χ0) is 13.8. The van der Waals surface area contributed by atoms with Gasteiger partial charge in [-0.25, -0.2) is 0 Å². The Morgan fingerprint density at radius 2 is 1.89 bits per heavy atom. The number of aliphatic hydroxyl groups excluding tert-OH is 1. The van der Waals surface area contributed by atoms with E-state index < -0.39 is 6.10 Å². The lowest BCUT2D eigenvalue weighted by atomic mass is 10.0. The molecule has 0 aliphatic heterocycles. The molecule has 2 nitrogen and oxygen atoms in total. The number of hydrogen-bond acceptors (Lipinski definition) is 2. The van der Waals surface area contributed by atoms with Crippen LogP contribution in [0.3, 0.4) is 0 Å². The fraction of sp³-hybridized carbons (Fsp3) is 0.200. The van der Waals surface area contributed by atoms with Gasteiger partial charge in [0.05, 0.1) is 6.61 Å². The summed E-state index contributed by atoms with van der Waals surface area (Å²) in [7, 11) is 0. The van der Waals surface area contributed by atoms with Crippen molar-refractivity contribution in [2.45, 2.75) is 13.0 Å². The fourth-order valence-corrected chi connectivity index (χ4v) is 2.59. The van der Waals surface area contributed by atoms with Crippen LogP contribution in [0.1, 0.15) is 24.2 Å². The predicted octanol–water partition coefficient (Wildman–Crippen LogP) is 4.58. The van der Waals surface area contributed by atoms with E-state index in [1.807, 2.05) is 43.3 Å². The molecule has 0 bridgehead atoms. The summed E-state index contributed by atoms with van der Waals surface area (Å²) in [6, 6.07) is 12.8. The summed E-state index contributed by atoms with van der Waals surface area (Å²) in [5.41, 5.74) is 1.47. The van der Waals surface area contributed by atoms with E-state index in [4.69, 9.17) is 16.3 Å². The quantitative estimate of drug-likeness (QED) is 0.882. The molecular formula is C15H14BrClO2. The molecule has 0 radical (unpaired) electrons. The second kappa shape index (κ2) is 6.42. The Morgan fingerprint density at radius 1 is 1.21 bits per heavy atom. The average Bonchev–Trinajstić information content (AvgIpc) is 2.39. The van der Waals surface area contributed by atoms with Crippen LogP contribution in [-0.2, 0) is 0 Å². The molecule has 1 N–H and O–H groups in total. The van der Waals surface area contributed by atoms with Crippen LogP contribution >= 0.6 is 27.5 Å². The Bertz CT molecular complexity index is 555. The van der Waals surface area contributed by atoms with Gasteiger partial charge in [-0.2, -0.15) is 0 Å². The zero-order valence-corrected chi connectivity index (χ0v) is 12.8. The Balaban J connectivity index is 2.25. The van der Waals surface area contributed by atoms with Gasteiger partial charge in [-0.3, -0.25) is 0 Å². The summed E-state index contributed by atoms with van der Waals surface area (Å²) in [5.74, 6) is 0.792. The van der Waals surface area contributed by atoms with Gasteiger partial charge < -0.3 is 9.84 Å². The molecule has 2 aromatic carbocycles. The van der Waals surface area contributed by atoms with Crippen molar-refractivity contribution in [2.75, 3.05) is 6.61 Å². The van der Waals surface area contributed by atoms with Crippen LogP contribution in [0.5, 0.6) is 5.75 Å². The van der Waals surface area contributed by atoms with Gasteiger partial charge >= 0.3 is 0 Å². The monoisotopic (exact) mass is 340 g/mol. The van der Waals surface area contributed by atoms with Crippen molar-refractivity contribution >= 4 is 27.5 Å². The van der Waals surface area contributed by atoms with E-state index >= 15 is 0 Å². The number of rotatable bonds is 4. The minimum atomic E-state index is -0.740. The highest BCUT2D eigenvalue weighted by atomic mass is 79.9. The van der Waals surface area contributed by atoms with Crippen LogP contribution in [0.15, 0.2) is 46.9 Å². The van der Waals surface area contributed by atoms with Crippen molar-refractivity contribution in [2.24, 2.45) is 0 Å². The molecule has 1 unspecified atom stereocenters. The van der Waals surface area contributed by atoms with Crippen LogP contribution in [0.2, 0.25) is 5.02 Å². The van der Waals surface area contributed by atoms with E-state index in [2.05, 4.69) is 15.9 Å². The van der Waals surface area contributed by atoms with Crippen molar-refractivity contribution in [3.8, 4) is 5.75 Å². The molecule has 2 rings (SSSR count). The highest BCUT2D eigenvalue weighted by Gasteiger charge is 2.14. The van der Waals surface area contributed by atoms with E-state index in [1.54, 1.807) is 6.07 Å². The lowest BCUT2D eigenvalue weighted by Crippen LogP contribution is -2.01. The normalized spacial score (nSPS) is 12.2. The van der Waals surface area contributed by atoms with Crippen LogP contribution in [-0.4, -0.2) is 11.7 Å². The first-order chi connectivity index (χ1) is 9.11. The molecule has 0 spiro atoms. The number of halogens is 2. The largest absolute Gasteiger partial charge is 0.494 e. The van der Waals surface area contributed by atoms with Gasteiger partial charge in [-0.1, -0.05) is 45.7 Å². The molecule has 0 saturated carbocycles. The third kappa shape index (κ3) is 3.50. The molecule has 1 atom stereocenters. The topological polar surface area (TPSA) is 29.5 Å². The van der Waals surface area contributed by atoms with E-state index in [9.17, 15) is 5.11 Å². The van der Waals surface area contributed by atoms with Crippen molar-refractivity contribution in [3.63, 3.8) is 0 Å². The highest BCUT2D eigenvalue weighted by Crippen LogP contribution is 2.31. The minimum absolute atomic E-state index is 0.538. The van der Waals surface area contributed by atoms with Crippen molar-refractivity contribution < 1.29 is 9.84 Å². The first kappa shape index (κ1) is 14.4. The molecule has 0 saturated heterocycles. The lowest BCUT2D eigenvalue weighted by Gasteiger charge is -2.14. The molecule has 19 heavy (non-hydrogen) atoms. The van der Waals surface area contributed by atoms with Gasteiger partial charge in [-0.05, 0) is 36.8 Å². The van der Waals surface area contributed by atoms with Gasteiger partial charge in [0.15, 0.2) is 0 Å². The molecule has 4 heteroatoms. The molecule has 0 fully saturated rings. The van der Waals surface area contributed by atoms with Crippen molar-refractivity contribution in [3.05, 3.63) is 63.1 Å². The second-order valence-corrected chi connectivity index (χ2v) is 5.39. The molecule has 0 aliphatic carbocycles. The van der Waals surface area contributed by atoms with Gasteiger partial charge in [0.25, 0.3) is 0 Å². The van der Waals surface area contributed by atoms with Gasteiger partial charge in [0, 0.05) is 15.1 Å². The van der Waals surface area contributed by atoms with E-state index in [1.165, 1.54) is 0 Å². The smallest absolute Gasteiger partial charge is 0.119 e. The summed E-state index contributed by atoms with van der Waals surface area (Å²) < 4.78 is 6.26. The summed E-state index contributed by atoms with van der Waals surface area (Å²) in [4.78, 5) is 0. The van der Waals surface area contributed by atoms with E-state index in [0.717, 1.165) is 15.8 Å². The second-order valence-electron chi connectivity index (χ2n) is 4.07. The van der Waals surface area contributed by atoms with Gasteiger partial charge in [0.2, 0.25) is 0 Å². The van der Waals surface area contributed by atoms with Crippen LogP contribution in [0, 0.1) is 0 Å². The molecular weight excluding hydrogens is 328 g/mol. The Morgan fingerprint density at radius 3 is 2.47 bits per heavy atom. The third-order valence-electron chi connectivity index (χ3n) is 2.76. The number of hydrogen-bond donors (Lipinski definition) is 1. The van der Waals surface area contributed by atoms with Crippen molar-refractivity contribution in [1.29, 1.82) is 0 Å². The standard InChI is InChI=1S/C15H14BrClO2/c1-2-19-12-6-3-10(4-7-12)15(18)13-8-5-11(16)9-14(13)17/h3-9,15,18H,2H2,1H3. The molecule has 0 aromatic heterocycles. The zero-order valence-electron chi connectivity index (χ0n) is 10.4. The van der Waals surface area contributed by atoms with Crippen LogP contribution in [0.4, 0.5) is 0 Å². The molecule has 2 aromatic rings. The Kier molecular flexibility index (Phi) is 4.86. The predicted molar refractivity (Wildman–Crippen MR) is 80.8 cm³/mol. The number of ether oxygens (including phenoxy) is 1. The summed E-state index contributed by atoms with van der Waals surface area (Å²) in [6.07, 6.45) is -0.740. The molecule has 0 amide bonds. The molecule has 100 valence electrons. The molecule has 0 heterocycles. The van der Waals surface area contributed by atoms with E-state index in [0.29, 0.717) is 17.2 Å². The van der Waals surface area contributed by atoms with Gasteiger partial charge in [-0.15, -0.1) is 0 Å². The maximum atomic E-state index is 10.3. The fourth-order valence-electron chi connectivity index (χ4n) is 1.82. The van der Waals surface area contributed by atoms with Crippen molar-refractivity contribution in [1.82, 2.24) is 0 Å². The Labute approximate surface area is 126 Å². The first-order valence-corrected chi connectivity index (χ1v) is 7.14. The van der Waals surface area contributed by atoms with Crippen LogP contribution < -0.4 is 4.74 Å². The summed E-state index contributed by atoms with van der Waals surface area (Å²) in [5, 5.41) is 10.9. The lowest BCUT2D eigenvalue weighted by molar-refractivity contribution is 0.220. The summed E-state index contributed by atoms with van der Waals surface area (Å²) in [6.45, 7) is 2.56. The SMILES string of the molecule is CCOc1ccc(C(O)c2ccc(Br)cc2Cl)cc1. The average molecular weight is 342 g/mol. The first-order valence-electron chi connectivity index (χ1n) is 5.97. The minimum Gasteiger partial charge on any atom is -0.494 e. The maximum Gasteiger partial charge on any atom is 0.119 e. The van der Waals surface area contributed by atoms with Gasteiger partial charge in [0.1, 0.15) is 11.9 Å². The Hall–Kier alpha value is -1.03. The third-order valence-corrected chi connectivity index (χ3v) is 3.58. The number of benzene rings is 2. The van der Waals surface area contributed by atoms with E-state index in [-0.39, 0.29) is 0 Å². The number of aliphatic hydroxyl groups is 1. The summed E-state index contributed by atoms with van der Waals surface area (Å²) >= 11 is 9.49. The van der Waals surface area contributed by atoms with Crippen LogP contribution in [0.25, 0.3) is 0 Å².